The minimum absolute atomic E-state index is 0.246. The summed E-state index contributed by atoms with van der Waals surface area (Å²) in [7, 11) is -3.33. The van der Waals surface area contributed by atoms with Crippen LogP contribution in [0.5, 0.6) is 0 Å². The van der Waals surface area contributed by atoms with Crippen molar-refractivity contribution in [2.75, 3.05) is 12.0 Å². The van der Waals surface area contributed by atoms with Crippen LogP contribution in [0.1, 0.15) is 13.3 Å². The van der Waals surface area contributed by atoms with Gasteiger partial charge in [0.05, 0.1) is 0 Å². The summed E-state index contributed by atoms with van der Waals surface area (Å²) in [6.45, 7) is 1.61. The van der Waals surface area contributed by atoms with Crippen molar-refractivity contribution in [3.63, 3.8) is 0 Å². The van der Waals surface area contributed by atoms with Crippen molar-refractivity contribution < 1.29 is 18.3 Å². The molecule has 0 saturated heterocycles. The predicted octanol–water partition coefficient (Wildman–Crippen LogP) is -0.686. The van der Waals surface area contributed by atoms with Gasteiger partial charge < -0.3 is 5.32 Å². The number of hydrogen-bond acceptors (Lipinski definition) is 3. The topological polar surface area (TPSA) is 83.1 Å². The van der Waals surface area contributed by atoms with E-state index in [0.717, 1.165) is 6.26 Å². The van der Waals surface area contributed by atoms with E-state index in [0.29, 0.717) is 0 Å². The lowest BCUT2D eigenvalue weighted by Gasteiger charge is -2.06. The summed E-state index contributed by atoms with van der Waals surface area (Å²) in [5, 5.41) is 12.7. The summed E-state index contributed by atoms with van der Waals surface area (Å²) >= 11 is 0. The van der Waals surface area contributed by atoms with Crippen LogP contribution in [0, 0.1) is 0 Å². The van der Waals surface area contributed by atoms with Crippen molar-refractivity contribution >= 4 is 15.7 Å². The molecule has 1 atom stereocenters. The summed E-state index contributed by atoms with van der Waals surface area (Å²) in [5.41, 5.74) is 0. The SMILES string of the molecule is CCC([O])NC(=O)CS(C)(=O)=O. The second-order valence-corrected chi connectivity index (χ2v) is 4.67. The Kier molecular flexibility index (Phi) is 4.19. The average Bonchev–Trinajstić information content (AvgIpc) is 1.82. The fourth-order valence-corrected chi connectivity index (χ4v) is 1.12. The van der Waals surface area contributed by atoms with Crippen LogP contribution in [0.25, 0.3) is 0 Å². The Morgan fingerprint density at radius 1 is 1.50 bits per heavy atom. The smallest absolute Gasteiger partial charge is 0.237 e. The number of hydrogen-bond donors (Lipinski definition) is 1. The number of amides is 1. The van der Waals surface area contributed by atoms with Crippen molar-refractivity contribution in [2.45, 2.75) is 19.6 Å². The maximum absolute atomic E-state index is 10.7. The van der Waals surface area contributed by atoms with Crippen LogP contribution in [0.3, 0.4) is 0 Å². The first-order valence-corrected chi connectivity index (χ1v) is 5.54. The minimum atomic E-state index is -3.33. The Hall–Kier alpha value is -0.620. The van der Waals surface area contributed by atoms with Crippen LogP contribution in [0.15, 0.2) is 0 Å². The van der Waals surface area contributed by atoms with Gasteiger partial charge in [0.15, 0.2) is 16.1 Å². The monoisotopic (exact) mass is 194 g/mol. The van der Waals surface area contributed by atoms with Crippen LogP contribution in [-0.4, -0.2) is 32.6 Å². The highest BCUT2D eigenvalue weighted by atomic mass is 32.2. The molecule has 0 spiro atoms. The third-order valence-electron chi connectivity index (χ3n) is 1.09. The van der Waals surface area contributed by atoms with Gasteiger partial charge in [0.2, 0.25) is 5.91 Å². The lowest BCUT2D eigenvalue weighted by molar-refractivity contribution is -0.122. The fourth-order valence-electron chi connectivity index (χ4n) is 0.561. The molecule has 0 aliphatic rings. The predicted molar refractivity (Wildman–Crippen MR) is 42.6 cm³/mol. The number of rotatable bonds is 4. The van der Waals surface area contributed by atoms with E-state index in [4.69, 9.17) is 0 Å². The molecule has 6 heteroatoms. The normalized spacial score (nSPS) is 13.9. The zero-order chi connectivity index (χ0) is 9.78. The molecule has 1 radical (unpaired) electrons. The first-order chi connectivity index (χ1) is 5.35. The van der Waals surface area contributed by atoms with E-state index in [2.05, 4.69) is 0 Å². The molecule has 0 aromatic rings. The van der Waals surface area contributed by atoms with Gasteiger partial charge in [-0.25, -0.2) is 13.5 Å². The molecule has 0 aromatic heterocycles. The average molecular weight is 194 g/mol. The third kappa shape index (κ3) is 6.11. The van der Waals surface area contributed by atoms with Gasteiger partial charge in [0.1, 0.15) is 5.75 Å². The summed E-state index contributed by atoms with van der Waals surface area (Å²) in [5.74, 6) is -1.36. The van der Waals surface area contributed by atoms with Crippen LogP contribution in [0.2, 0.25) is 0 Å². The van der Waals surface area contributed by atoms with Gasteiger partial charge in [0, 0.05) is 6.26 Å². The first kappa shape index (κ1) is 11.4. The van der Waals surface area contributed by atoms with Gasteiger partial charge in [-0.2, -0.15) is 0 Å². The van der Waals surface area contributed by atoms with Crippen LogP contribution in [-0.2, 0) is 19.7 Å². The highest BCUT2D eigenvalue weighted by Gasteiger charge is 2.13. The lowest BCUT2D eigenvalue weighted by atomic mass is 10.4. The molecule has 0 bridgehead atoms. The minimum Gasteiger partial charge on any atom is -0.327 e. The highest BCUT2D eigenvalue weighted by Crippen LogP contribution is 1.87. The molecule has 0 fully saturated rings. The molecule has 0 aromatic carbocycles. The van der Waals surface area contributed by atoms with Crippen molar-refractivity contribution in [2.24, 2.45) is 0 Å². The Morgan fingerprint density at radius 2 is 2.00 bits per heavy atom. The van der Waals surface area contributed by atoms with Crippen molar-refractivity contribution in [1.29, 1.82) is 0 Å². The molecule has 12 heavy (non-hydrogen) atoms. The van der Waals surface area contributed by atoms with Crippen LogP contribution < -0.4 is 5.32 Å². The lowest BCUT2D eigenvalue weighted by Crippen LogP contribution is -2.36. The number of nitrogens with one attached hydrogen (secondary N) is 1. The zero-order valence-corrected chi connectivity index (χ0v) is 7.85. The quantitative estimate of drug-likeness (QED) is 0.601. The van der Waals surface area contributed by atoms with Crippen molar-refractivity contribution in [1.82, 2.24) is 5.32 Å². The Bertz CT molecular complexity index is 246. The number of sulfone groups is 1. The first-order valence-electron chi connectivity index (χ1n) is 3.48. The molecule has 0 aliphatic carbocycles. The van der Waals surface area contributed by atoms with Gasteiger partial charge in [-0.3, -0.25) is 4.79 Å². The summed E-state index contributed by atoms with van der Waals surface area (Å²) in [6.07, 6.45) is -0.0207. The van der Waals surface area contributed by atoms with E-state index < -0.39 is 27.7 Å². The summed E-state index contributed by atoms with van der Waals surface area (Å²) in [6, 6.07) is 0. The van der Waals surface area contributed by atoms with E-state index in [1.54, 1.807) is 6.92 Å². The number of carbonyl (C=O) groups excluding carboxylic acids is 1. The molecule has 0 rings (SSSR count). The second kappa shape index (κ2) is 4.42. The maximum Gasteiger partial charge on any atom is 0.237 e. The van der Waals surface area contributed by atoms with E-state index in [1.165, 1.54) is 0 Å². The largest absolute Gasteiger partial charge is 0.327 e. The van der Waals surface area contributed by atoms with Gasteiger partial charge in [-0.1, -0.05) is 6.92 Å². The molecule has 5 nitrogen and oxygen atoms in total. The zero-order valence-electron chi connectivity index (χ0n) is 7.03. The Labute approximate surface area is 71.7 Å². The van der Waals surface area contributed by atoms with Crippen LogP contribution >= 0.6 is 0 Å². The van der Waals surface area contributed by atoms with Gasteiger partial charge >= 0.3 is 0 Å². The molecule has 0 saturated carbocycles. The molecule has 71 valence electrons. The van der Waals surface area contributed by atoms with E-state index in [9.17, 15) is 18.3 Å². The van der Waals surface area contributed by atoms with Gasteiger partial charge in [-0.05, 0) is 6.42 Å². The Morgan fingerprint density at radius 3 is 2.33 bits per heavy atom. The highest BCUT2D eigenvalue weighted by molar-refractivity contribution is 7.91. The van der Waals surface area contributed by atoms with E-state index in [1.807, 2.05) is 5.32 Å². The summed E-state index contributed by atoms with van der Waals surface area (Å²) in [4.78, 5) is 10.7. The standard InChI is InChI=1S/C6H12NO4S/c1-3-5(8)7-6(9)4-12(2,10)11/h5H,3-4H2,1-2H3,(H,7,9). The molecule has 1 N–H and O–H groups in total. The van der Waals surface area contributed by atoms with Crippen molar-refractivity contribution in [3.8, 4) is 0 Å². The van der Waals surface area contributed by atoms with Gasteiger partial charge in [-0.15, -0.1) is 0 Å². The maximum atomic E-state index is 10.7. The molecular weight excluding hydrogens is 182 g/mol. The fraction of sp³-hybridized carbons (Fsp3) is 0.833. The van der Waals surface area contributed by atoms with Gasteiger partial charge in [0.25, 0.3) is 0 Å². The summed E-state index contributed by atoms with van der Waals surface area (Å²) < 4.78 is 21.1. The third-order valence-corrected chi connectivity index (χ3v) is 1.87. The molecule has 1 unspecified atom stereocenters. The molecular formula is C6H12NO4S. The van der Waals surface area contributed by atoms with E-state index in [-0.39, 0.29) is 6.42 Å². The van der Waals surface area contributed by atoms with Crippen LogP contribution in [0.4, 0.5) is 0 Å². The molecule has 0 aliphatic heterocycles. The van der Waals surface area contributed by atoms with Crippen molar-refractivity contribution in [3.05, 3.63) is 0 Å². The molecule has 0 heterocycles. The second-order valence-electron chi connectivity index (χ2n) is 2.53. The van der Waals surface area contributed by atoms with E-state index >= 15 is 0 Å². The molecule has 1 amide bonds. The number of carbonyl (C=O) groups is 1. The Balaban J connectivity index is 3.92.